The summed E-state index contributed by atoms with van der Waals surface area (Å²) in [6, 6.07) is 0. The van der Waals surface area contributed by atoms with Gasteiger partial charge in [-0.1, -0.05) is 0 Å². The Morgan fingerprint density at radius 2 is 2.42 bits per heavy atom. The number of thioether (sulfide) groups is 1. The van der Waals surface area contributed by atoms with Crippen molar-refractivity contribution in [2.24, 2.45) is 0 Å². The highest BCUT2D eigenvalue weighted by Crippen LogP contribution is 2.24. The number of morpholine rings is 1. The highest BCUT2D eigenvalue weighted by molar-refractivity contribution is 7.99. The fraction of sp³-hybridized carbons (Fsp3) is 1.00. The molecule has 2 saturated heterocycles. The van der Waals surface area contributed by atoms with Gasteiger partial charge in [-0.25, -0.2) is 0 Å². The normalized spacial score (nSPS) is 42.2. The second-order valence-corrected chi connectivity index (χ2v) is 4.57. The van der Waals surface area contributed by atoms with Crippen LogP contribution in [0.25, 0.3) is 0 Å². The van der Waals surface area contributed by atoms with Crippen LogP contribution in [-0.4, -0.2) is 43.5 Å². The first-order chi connectivity index (χ1) is 5.85. The molecule has 2 heterocycles. The fourth-order valence-electron chi connectivity index (χ4n) is 1.81. The van der Waals surface area contributed by atoms with Gasteiger partial charge in [0.25, 0.3) is 0 Å². The molecule has 0 aromatic carbocycles. The lowest BCUT2D eigenvalue weighted by Crippen LogP contribution is -2.54. The predicted octanol–water partition coefficient (Wildman–Crippen LogP) is 0.0274. The molecule has 2 fully saturated rings. The molecule has 2 N–H and O–H groups in total. The molecule has 0 aromatic rings. The Kier molecular flexibility index (Phi) is 2.60. The van der Waals surface area contributed by atoms with Crippen molar-refractivity contribution in [3.8, 4) is 0 Å². The average molecular weight is 188 g/mol. The van der Waals surface area contributed by atoms with Gasteiger partial charge >= 0.3 is 0 Å². The summed E-state index contributed by atoms with van der Waals surface area (Å²) >= 11 is 1.83. The van der Waals surface area contributed by atoms with Gasteiger partial charge in [-0.2, -0.15) is 0 Å². The summed E-state index contributed by atoms with van der Waals surface area (Å²) in [5, 5.41) is 7.34. The van der Waals surface area contributed by atoms with Crippen molar-refractivity contribution in [2.75, 3.05) is 32.5 Å². The van der Waals surface area contributed by atoms with Crippen LogP contribution < -0.4 is 10.6 Å². The van der Waals surface area contributed by atoms with Crippen LogP contribution in [-0.2, 0) is 4.74 Å². The zero-order valence-electron chi connectivity index (χ0n) is 7.43. The van der Waals surface area contributed by atoms with Crippen molar-refractivity contribution in [2.45, 2.75) is 17.4 Å². The van der Waals surface area contributed by atoms with Crippen molar-refractivity contribution < 1.29 is 4.74 Å². The highest BCUT2D eigenvalue weighted by Gasteiger charge is 2.38. The van der Waals surface area contributed by atoms with Crippen LogP contribution in [0.15, 0.2) is 0 Å². The minimum Gasteiger partial charge on any atom is -0.370 e. The minimum atomic E-state index is 0.117. The molecule has 3 nitrogen and oxygen atoms in total. The number of hydrogen-bond donors (Lipinski definition) is 2. The lowest BCUT2D eigenvalue weighted by atomic mass is 10.0. The largest absolute Gasteiger partial charge is 0.370 e. The van der Waals surface area contributed by atoms with Crippen molar-refractivity contribution in [3.63, 3.8) is 0 Å². The predicted molar refractivity (Wildman–Crippen MR) is 51.5 cm³/mol. The highest BCUT2D eigenvalue weighted by atomic mass is 32.2. The summed E-state index contributed by atoms with van der Waals surface area (Å²) in [6.07, 6.45) is 3.27. The third-order valence-corrected chi connectivity index (χ3v) is 3.55. The first-order valence-corrected chi connectivity index (χ1v) is 5.74. The molecule has 2 atom stereocenters. The van der Waals surface area contributed by atoms with Gasteiger partial charge in [-0.05, 0) is 19.2 Å². The standard InChI is InChI=1S/C8H16N2OS/c1-12-7-4-11-8(6-10-7)2-3-9-5-8/h7,9-10H,2-6H2,1H3. The van der Waals surface area contributed by atoms with Gasteiger partial charge in [-0.3, -0.25) is 0 Å². The molecule has 2 aliphatic rings. The molecule has 2 rings (SSSR count). The van der Waals surface area contributed by atoms with E-state index < -0.39 is 0 Å². The Hall–Kier alpha value is 0.230. The van der Waals surface area contributed by atoms with E-state index >= 15 is 0 Å². The van der Waals surface area contributed by atoms with Gasteiger partial charge in [0.2, 0.25) is 0 Å². The molecule has 0 saturated carbocycles. The van der Waals surface area contributed by atoms with Gasteiger partial charge in [0, 0.05) is 13.1 Å². The van der Waals surface area contributed by atoms with E-state index in [2.05, 4.69) is 16.9 Å². The summed E-state index contributed by atoms with van der Waals surface area (Å²) < 4.78 is 5.88. The van der Waals surface area contributed by atoms with Crippen LogP contribution in [0.1, 0.15) is 6.42 Å². The van der Waals surface area contributed by atoms with Gasteiger partial charge in [-0.15, -0.1) is 11.8 Å². The zero-order chi connectivity index (χ0) is 8.44. The molecule has 0 amide bonds. The lowest BCUT2D eigenvalue weighted by molar-refractivity contribution is -0.0561. The SMILES string of the molecule is CSC1COC2(CCNC2)CN1. The topological polar surface area (TPSA) is 33.3 Å². The molecule has 2 unspecified atom stereocenters. The number of nitrogens with one attached hydrogen (secondary N) is 2. The van der Waals surface area contributed by atoms with Crippen molar-refractivity contribution in [1.82, 2.24) is 10.6 Å². The van der Waals surface area contributed by atoms with Crippen molar-refractivity contribution in [3.05, 3.63) is 0 Å². The van der Waals surface area contributed by atoms with Crippen molar-refractivity contribution >= 4 is 11.8 Å². The molecule has 70 valence electrons. The minimum absolute atomic E-state index is 0.117. The summed E-state index contributed by atoms with van der Waals surface area (Å²) in [7, 11) is 0. The first-order valence-electron chi connectivity index (χ1n) is 4.45. The van der Waals surface area contributed by atoms with Gasteiger partial charge in [0.15, 0.2) is 0 Å². The maximum Gasteiger partial charge on any atom is 0.0943 e. The Bertz CT molecular complexity index is 149. The summed E-state index contributed by atoms with van der Waals surface area (Å²) in [6.45, 7) is 3.97. The molecule has 2 aliphatic heterocycles. The monoisotopic (exact) mass is 188 g/mol. The molecular weight excluding hydrogens is 172 g/mol. The number of rotatable bonds is 1. The van der Waals surface area contributed by atoms with E-state index in [1.807, 2.05) is 11.8 Å². The summed E-state index contributed by atoms with van der Waals surface area (Å²) in [4.78, 5) is 0. The van der Waals surface area contributed by atoms with Crippen molar-refractivity contribution in [1.29, 1.82) is 0 Å². The second kappa shape index (κ2) is 3.54. The van der Waals surface area contributed by atoms with E-state index in [0.29, 0.717) is 5.37 Å². The van der Waals surface area contributed by atoms with Crippen LogP contribution in [0.4, 0.5) is 0 Å². The van der Waals surface area contributed by atoms with Crippen LogP contribution in [0, 0.1) is 0 Å². The Balaban J connectivity index is 1.88. The fourth-order valence-corrected chi connectivity index (χ4v) is 2.26. The van der Waals surface area contributed by atoms with Gasteiger partial charge in [0.1, 0.15) is 0 Å². The average Bonchev–Trinajstić information content (AvgIpc) is 2.55. The van der Waals surface area contributed by atoms with E-state index in [-0.39, 0.29) is 5.60 Å². The van der Waals surface area contributed by atoms with Gasteiger partial charge < -0.3 is 15.4 Å². The van der Waals surface area contributed by atoms with Crippen LogP contribution in [0.3, 0.4) is 0 Å². The van der Waals surface area contributed by atoms with E-state index in [0.717, 1.165) is 32.7 Å². The first kappa shape index (κ1) is 8.81. The Morgan fingerprint density at radius 3 is 2.92 bits per heavy atom. The molecule has 0 aliphatic carbocycles. The number of ether oxygens (including phenoxy) is 1. The van der Waals surface area contributed by atoms with E-state index in [1.165, 1.54) is 0 Å². The maximum atomic E-state index is 5.88. The maximum absolute atomic E-state index is 5.88. The van der Waals surface area contributed by atoms with Crippen LogP contribution in [0.2, 0.25) is 0 Å². The quantitative estimate of drug-likeness (QED) is 0.608. The molecule has 1 spiro atoms. The van der Waals surface area contributed by atoms with E-state index in [1.54, 1.807) is 0 Å². The van der Waals surface area contributed by atoms with E-state index in [4.69, 9.17) is 4.74 Å². The zero-order valence-corrected chi connectivity index (χ0v) is 8.25. The smallest absolute Gasteiger partial charge is 0.0943 e. The molecule has 12 heavy (non-hydrogen) atoms. The Labute approximate surface area is 77.6 Å². The summed E-state index contributed by atoms with van der Waals surface area (Å²) in [5.41, 5.74) is 0.117. The molecule has 0 radical (unpaired) electrons. The Morgan fingerprint density at radius 1 is 1.50 bits per heavy atom. The second-order valence-electron chi connectivity index (χ2n) is 3.53. The third-order valence-electron chi connectivity index (χ3n) is 2.68. The van der Waals surface area contributed by atoms with Crippen LogP contribution in [0.5, 0.6) is 0 Å². The third kappa shape index (κ3) is 1.62. The molecule has 0 bridgehead atoms. The lowest BCUT2D eigenvalue weighted by Gasteiger charge is -2.37. The number of hydrogen-bond acceptors (Lipinski definition) is 4. The van der Waals surface area contributed by atoms with E-state index in [9.17, 15) is 0 Å². The molecule has 0 aromatic heterocycles. The van der Waals surface area contributed by atoms with Crippen LogP contribution >= 0.6 is 11.8 Å². The molecular formula is C8H16N2OS. The van der Waals surface area contributed by atoms with Gasteiger partial charge in [0.05, 0.1) is 17.6 Å². The molecule has 4 heteroatoms. The summed E-state index contributed by atoms with van der Waals surface area (Å²) in [5.74, 6) is 0.